The van der Waals surface area contributed by atoms with Crippen molar-refractivity contribution < 1.29 is 5.11 Å². The van der Waals surface area contributed by atoms with E-state index in [1.54, 1.807) is 12.1 Å². The van der Waals surface area contributed by atoms with Crippen LogP contribution in [0.25, 0.3) is 0 Å². The molecule has 0 aliphatic carbocycles. The molecule has 6 N–H and O–H groups in total. The number of hydrogen-bond donors (Lipinski definition) is 4. The normalized spacial score (nSPS) is 12.7. The van der Waals surface area contributed by atoms with Gasteiger partial charge < -0.3 is 21.9 Å². The summed E-state index contributed by atoms with van der Waals surface area (Å²) in [5, 5.41) is 13.8. The van der Waals surface area contributed by atoms with Crippen LogP contribution in [-0.4, -0.2) is 24.7 Å². The summed E-state index contributed by atoms with van der Waals surface area (Å²) in [4.78, 5) is 0. The Bertz CT molecular complexity index is 365. The van der Waals surface area contributed by atoms with Gasteiger partial charge in [-0.15, -0.1) is 0 Å². The van der Waals surface area contributed by atoms with Gasteiger partial charge in [-0.1, -0.05) is 23.2 Å². The van der Waals surface area contributed by atoms with Gasteiger partial charge in [-0.2, -0.15) is 0 Å². The lowest BCUT2D eigenvalue weighted by Crippen LogP contribution is -2.23. The van der Waals surface area contributed by atoms with Gasteiger partial charge >= 0.3 is 0 Å². The Hall–Kier alpha value is -0.520. The van der Waals surface area contributed by atoms with Gasteiger partial charge in [0, 0.05) is 6.54 Å². The van der Waals surface area contributed by atoms with Crippen molar-refractivity contribution in [3.8, 4) is 0 Å². The Kier molecular flexibility index (Phi) is 6.75. The topological polar surface area (TPSA) is 84.3 Å². The van der Waals surface area contributed by atoms with E-state index in [-0.39, 0.29) is 0 Å². The highest BCUT2D eigenvalue weighted by atomic mass is 35.5. The fourth-order valence-corrected chi connectivity index (χ4v) is 2.05. The highest BCUT2D eigenvalue weighted by Gasteiger charge is 2.11. The second-order valence-corrected chi connectivity index (χ2v) is 4.93. The van der Waals surface area contributed by atoms with Crippen molar-refractivity contribution in [1.29, 1.82) is 0 Å². The first kappa shape index (κ1) is 15.5. The Balaban J connectivity index is 2.49. The molecule has 0 aromatic heterocycles. The zero-order valence-electron chi connectivity index (χ0n) is 10.1. The maximum atomic E-state index is 9.97. The first-order valence-corrected chi connectivity index (χ1v) is 6.65. The Morgan fingerprint density at radius 1 is 1.22 bits per heavy atom. The van der Waals surface area contributed by atoms with Gasteiger partial charge in [0.15, 0.2) is 0 Å². The van der Waals surface area contributed by atoms with Crippen LogP contribution in [0.15, 0.2) is 12.1 Å². The average Bonchev–Trinajstić information content (AvgIpc) is 2.34. The van der Waals surface area contributed by atoms with Crippen LogP contribution in [0.5, 0.6) is 0 Å². The van der Waals surface area contributed by atoms with E-state index in [1.807, 2.05) is 0 Å². The molecular weight excluding hydrogens is 273 g/mol. The van der Waals surface area contributed by atoms with Crippen LogP contribution < -0.4 is 16.8 Å². The molecule has 1 atom stereocenters. The Morgan fingerprint density at radius 2 is 1.83 bits per heavy atom. The SMILES string of the molecule is NCCCCNCC(O)c1cc(Cl)c(N)c(Cl)c1. The third-order valence-corrected chi connectivity index (χ3v) is 3.26. The van der Waals surface area contributed by atoms with Crippen molar-refractivity contribution in [3.05, 3.63) is 27.7 Å². The Labute approximate surface area is 117 Å². The first-order chi connectivity index (χ1) is 8.56. The molecule has 1 aromatic carbocycles. The van der Waals surface area contributed by atoms with Crippen molar-refractivity contribution in [1.82, 2.24) is 5.32 Å². The molecule has 0 heterocycles. The third kappa shape index (κ3) is 4.63. The minimum atomic E-state index is -0.654. The second kappa shape index (κ2) is 7.81. The summed E-state index contributed by atoms with van der Waals surface area (Å²) < 4.78 is 0. The monoisotopic (exact) mass is 291 g/mol. The number of nitrogens with one attached hydrogen (secondary N) is 1. The lowest BCUT2D eigenvalue weighted by atomic mass is 10.1. The van der Waals surface area contributed by atoms with E-state index in [9.17, 15) is 5.11 Å². The summed E-state index contributed by atoms with van der Waals surface area (Å²) in [6, 6.07) is 3.27. The van der Waals surface area contributed by atoms with Crippen LogP contribution in [0.3, 0.4) is 0 Å². The molecule has 0 radical (unpaired) electrons. The van der Waals surface area contributed by atoms with Crippen LogP contribution in [-0.2, 0) is 0 Å². The second-order valence-electron chi connectivity index (χ2n) is 4.11. The number of nitrogen functional groups attached to an aromatic ring is 1. The van der Waals surface area contributed by atoms with E-state index < -0.39 is 6.10 Å². The van der Waals surface area contributed by atoms with E-state index in [0.29, 0.717) is 34.4 Å². The van der Waals surface area contributed by atoms with E-state index in [2.05, 4.69) is 5.32 Å². The largest absolute Gasteiger partial charge is 0.396 e. The van der Waals surface area contributed by atoms with Gasteiger partial charge in [-0.05, 0) is 43.6 Å². The predicted molar refractivity (Wildman–Crippen MR) is 77.0 cm³/mol. The number of unbranched alkanes of at least 4 members (excludes halogenated alkanes) is 1. The number of benzene rings is 1. The molecule has 1 aromatic rings. The van der Waals surface area contributed by atoms with Crippen LogP contribution in [0.1, 0.15) is 24.5 Å². The van der Waals surface area contributed by atoms with Gasteiger partial charge in [-0.25, -0.2) is 0 Å². The number of hydrogen-bond acceptors (Lipinski definition) is 4. The molecule has 0 amide bonds. The zero-order chi connectivity index (χ0) is 13.5. The molecule has 0 bridgehead atoms. The van der Waals surface area contributed by atoms with Crippen molar-refractivity contribution in [2.75, 3.05) is 25.4 Å². The summed E-state index contributed by atoms with van der Waals surface area (Å²) in [5.74, 6) is 0. The standard InChI is InChI=1S/C12H19Cl2N3O/c13-9-5-8(6-10(14)12(9)16)11(18)7-17-4-2-1-3-15/h5-6,11,17-18H,1-4,7,15-16H2. The van der Waals surface area contributed by atoms with Gasteiger partial charge in [0.05, 0.1) is 21.8 Å². The molecule has 0 saturated carbocycles. The molecular formula is C12H19Cl2N3O. The molecule has 0 aliphatic rings. The highest BCUT2D eigenvalue weighted by Crippen LogP contribution is 2.31. The summed E-state index contributed by atoms with van der Waals surface area (Å²) >= 11 is 11.8. The molecule has 18 heavy (non-hydrogen) atoms. The quantitative estimate of drug-likeness (QED) is 0.457. The summed E-state index contributed by atoms with van der Waals surface area (Å²) in [6.07, 6.45) is 1.31. The molecule has 102 valence electrons. The summed E-state index contributed by atoms with van der Waals surface area (Å²) in [6.45, 7) is 1.96. The molecule has 0 saturated heterocycles. The maximum absolute atomic E-state index is 9.97. The van der Waals surface area contributed by atoms with Crippen molar-refractivity contribution in [2.45, 2.75) is 18.9 Å². The first-order valence-electron chi connectivity index (χ1n) is 5.89. The molecule has 1 unspecified atom stereocenters. The molecule has 0 aliphatic heterocycles. The Morgan fingerprint density at radius 3 is 2.39 bits per heavy atom. The summed E-state index contributed by atoms with van der Waals surface area (Å²) in [5.41, 5.74) is 12.0. The van der Waals surface area contributed by atoms with Crippen LogP contribution >= 0.6 is 23.2 Å². The highest BCUT2D eigenvalue weighted by molar-refractivity contribution is 6.38. The maximum Gasteiger partial charge on any atom is 0.0915 e. The lowest BCUT2D eigenvalue weighted by molar-refractivity contribution is 0.175. The van der Waals surface area contributed by atoms with Crippen LogP contribution in [0.4, 0.5) is 5.69 Å². The fourth-order valence-electron chi connectivity index (χ4n) is 1.55. The van der Waals surface area contributed by atoms with E-state index >= 15 is 0 Å². The number of aliphatic hydroxyl groups is 1. The van der Waals surface area contributed by atoms with E-state index in [1.165, 1.54) is 0 Å². The van der Waals surface area contributed by atoms with Crippen molar-refractivity contribution in [3.63, 3.8) is 0 Å². The van der Waals surface area contributed by atoms with Gasteiger partial charge in [0.2, 0.25) is 0 Å². The smallest absolute Gasteiger partial charge is 0.0915 e. The number of nitrogens with two attached hydrogens (primary N) is 2. The van der Waals surface area contributed by atoms with E-state index in [0.717, 1.165) is 19.4 Å². The minimum absolute atomic E-state index is 0.338. The number of anilines is 1. The number of aliphatic hydroxyl groups excluding tert-OH is 1. The third-order valence-electron chi connectivity index (χ3n) is 2.63. The van der Waals surface area contributed by atoms with Crippen LogP contribution in [0, 0.1) is 0 Å². The van der Waals surface area contributed by atoms with Crippen molar-refractivity contribution in [2.24, 2.45) is 5.73 Å². The lowest BCUT2D eigenvalue weighted by Gasteiger charge is -2.14. The van der Waals surface area contributed by atoms with Gasteiger partial charge in [-0.3, -0.25) is 0 Å². The summed E-state index contributed by atoms with van der Waals surface area (Å²) in [7, 11) is 0. The average molecular weight is 292 g/mol. The minimum Gasteiger partial charge on any atom is -0.396 e. The zero-order valence-corrected chi connectivity index (χ0v) is 11.6. The molecule has 1 rings (SSSR count). The van der Waals surface area contributed by atoms with E-state index in [4.69, 9.17) is 34.7 Å². The fraction of sp³-hybridized carbons (Fsp3) is 0.500. The van der Waals surface area contributed by atoms with Gasteiger partial charge in [0.1, 0.15) is 0 Å². The molecule has 4 nitrogen and oxygen atoms in total. The van der Waals surface area contributed by atoms with Crippen LogP contribution in [0.2, 0.25) is 10.0 Å². The molecule has 0 fully saturated rings. The molecule has 6 heteroatoms. The van der Waals surface area contributed by atoms with Crippen molar-refractivity contribution >= 4 is 28.9 Å². The number of halogens is 2. The predicted octanol–water partition coefficient (Wildman–Crippen LogP) is 1.94. The van der Waals surface area contributed by atoms with Gasteiger partial charge in [0.25, 0.3) is 0 Å². The number of rotatable bonds is 7. The molecule has 0 spiro atoms.